The second kappa shape index (κ2) is 3.25. The van der Waals surface area contributed by atoms with Gasteiger partial charge in [-0.15, -0.1) is 0 Å². The molecule has 1 aliphatic rings. The van der Waals surface area contributed by atoms with Crippen LogP contribution in [0.1, 0.15) is 17.3 Å². The van der Waals surface area contributed by atoms with E-state index in [9.17, 15) is 0 Å². The van der Waals surface area contributed by atoms with Gasteiger partial charge in [0.15, 0.2) is 0 Å². The number of rotatable bonds is 1. The molecule has 0 aromatic heterocycles. The van der Waals surface area contributed by atoms with Gasteiger partial charge in [-0.05, 0) is 12.5 Å². The molecule has 0 atom stereocenters. The van der Waals surface area contributed by atoms with E-state index in [1.165, 1.54) is 11.1 Å². The maximum atomic E-state index is 3.38. The van der Waals surface area contributed by atoms with E-state index in [2.05, 4.69) is 41.8 Å². The summed E-state index contributed by atoms with van der Waals surface area (Å²) in [7, 11) is 0. The fourth-order valence-corrected chi connectivity index (χ4v) is 1.50. The average Bonchev–Trinajstić information content (AvgIpc) is 2.58. The van der Waals surface area contributed by atoms with E-state index in [1.807, 2.05) is 0 Å². The minimum atomic E-state index is 0.366. The van der Waals surface area contributed by atoms with Gasteiger partial charge in [-0.2, -0.15) is 0 Å². The highest BCUT2D eigenvalue weighted by Gasteiger charge is 2.13. The zero-order valence-electron chi connectivity index (χ0n) is 7.30. The molecule has 2 heteroatoms. The second-order valence-electron chi connectivity index (χ2n) is 3.25. The van der Waals surface area contributed by atoms with Crippen LogP contribution in [-0.2, 0) is 0 Å². The van der Waals surface area contributed by atoms with Crippen molar-refractivity contribution in [3.05, 3.63) is 35.4 Å². The fourth-order valence-electron chi connectivity index (χ4n) is 1.50. The Morgan fingerprint density at radius 3 is 2.25 bits per heavy atom. The van der Waals surface area contributed by atoms with Crippen LogP contribution in [0.15, 0.2) is 24.3 Å². The quantitative estimate of drug-likeness (QED) is 0.648. The van der Waals surface area contributed by atoms with Crippen LogP contribution in [0.4, 0.5) is 0 Å². The first-order valence-electron chi connectivity index (χ1n) is 4.39. The van der Waals surface area contributed by atoms with E-state index in [4.69, 9.17) is 0 Å². The minimum absolute atomic E-state index is 0.366. The number of nitrogens with one attached hydrogen (secondary N) is 2. The van der Waals surface area contributed by atoms with Crippen molar-refractivity contribution in [3.8, 4) is 0 Å². The molecule has 0 saturated carbocycles. The summed E-state index contributed by atoms with van der Waals surface area (Å²) in [6.45, 7) is 4.25. The smallest absolute Gasteiger partial charge is 0.0836 e. The van der Waals surface area contributed by atoms with Gasteiger partial charge in [0, 0.05) is 13.1 Å². The van der Waals surface area contributed by atoms with Gasteiger partial charge in [0.2, 0.25) is 0 Å². The molecule has 1 aliphatic heterocycles. The van der Waals surface area contributed by atoms with Crippen LogP contribution in [0.5, 0.6) is 0 Å². The van der Waals surface area contributed by atoms with Crippen molar-refractivity contribution >= 4 is 0 Å². The predicted molar refractivity (Wildman–Crippen MR) is 49.9 cm³/mol. The van der Waals surface area contributed by atoms with Crippen molar-refractivity contribution in [1.82, 2.24) is 10.6 Å². The number of aryl methyl sites for hydroxylation is 1. The van der Waals surface area contributed by atoms with Crippen LogP contribution in [0.2, 0.25) is 0 Å². The third kappa shape index (κ3) is 1.49. The first kappa shape index (κ1) is 7.77. The molecule has 1 fully saturated rings. The van der Waals surface area contributed by atoms with Crippen molar-refractivity contribution < 1.29 is 0 Å². The Balaban J connectivity index is 2.17. The molecular formula is C10H14N2. The Morgan fingerprint density at radius 2 is 1.67 bits per heavy atom. The van der Waals surface area contributed by atoms with Crippen LogP contribution in [0, 0.1) is 6.92 Å². The molecule has 2 rings (SSSR count). The van der Waals surface area contributed by atoms with Crippen LogP contribution >= 0.6 is 0 Å². The summed E-state index contributed by atoms with van der Waals surface area (Å²) in [6.07, 6.45) is 0.366. The van der Waals surface area contributed by atoms with Crippen molar-refractivity contribution in [1.29, 1.82) is 0 Å². The van der Waals surface area contributed by atoms with Crippen LogP contribution in [-0.4, -0.2) is 13.1 Å². The summed E-state index contributed by atoms with van der Waals surface area (Å²) in [6, 6.07) is 8.64. The predicted octanol–water partition coefficient (Wildman–Crippen LogP) is 1.19. The summed E-state index contributed by atoms with van der Waals surface area (Å²) < 4.78 is 0. The Kier molecular flexibility index (Phi) is 2.11. The third-order valence-electron chi connectivity index (χ3n) is 2.23. The highest BCUT2D eigenvalue weighted by Crippen LogP contribution is 2.12. The summed E-state index contributed by atoms with van der Waals surface area (Å²) in [5, 5.41) is 6.76. The molecule has 1 aromatic carbocycles. The van der Waals surface area contributed by atoms with Crippen LogP contribution < -0.4 is 10.6 Å². The standard InChI is InChI=1S/C10H14N2/c1-8-2-4-9(5-3-8)10-11-6-7-12-10/h2-5,10-12H,6-7H2,1H3. The van der Waals surface area contributed by atoms with E-state index >= 15 is 0 Å². The minimum Gasteiger partial charge on any atom is -0.297 e. The SMILES string of the molecule is Cc1ccc(C2NCCN2)cc1. The Bertz CT molecular complexity index is 247. The van der Waals surface area contributed by atoms with Gasteiger partial charge >= 0.3 is 0 Å². The Hall–Kier alpha value is -0.860. The summed E-state index contributed by atoms with van der Waals surface area (Å²) in [5.41, 5.74) is 2.65. The zero-order valence-corrected chi connectivity index (χ0v) is 7.30. The lowest BCUT2D eigenvalue weighted by Crippen LogP contribution is -2.20. The summed E-state index contributed by atoms with van der Waals surface area (Å²) in [5.74, 6) is 0. The van der Waals surface area contributed by atoms with Crippen molar-refractivity contribution in [3.63, 3.8) is 0 Å². The molecule has 2 N–H and O–H groups in total. The lowest BCUT2D eigenvalue weighted by Gasteiger charge is -2.10. The van der Waals surface area contributed by atoms with Gasteiger partial charge in [-0.25, -0.2) is 0 Å². The molecule has 1 saturated heterocycles. The molecule has 1 aromatic rings. The molecular weight excluding hydrogens is 148 g/mol. The monoisotopic (exact) mass is 162 g/mol. The molecule has 1 heterocycles. The Morgan fingerprint density at radius 1 is 1.08 bits per heavy atom. The van der Waals surface area contributed by atoms with Crippen molar-refractivity contribution in [2.45, 2.75) is 13.1 Å². The molecule has 0 unspecified atom stereocenters. The maximum Gasteiger partial charge on any atom is 0.0836 e. The fraction of sp³-hybridized carbons (Fsp3) is 0.400. The van der Waals surface area contributed by atoms with Crippen LogP contribution in [0.25, 0.3) is 0 Å². The molecule has 0 radical (unpaired) electrons. The normalized spacial score (nSPS) is 18.4. The lowest BCUT2D eigenvalue weighted by molar-refractivity contribution is 0.588. The van der Waals surface area contributed by atoms with Crippen molar-refractivity contribution in [2.24, 2.45) is 0 Å². The molecule has 12 heavy (non-hydrogen) atoms. The molecule has 64 valence electrons. The van der Waals surface area contributed by atoms with Gasteiger partial charge in [0.25, 0.3) is 0 Å². The van der Waals surface area contributed by atoms with Crippen molar-refractivity contribution in [2.75, 3.05) is 13.1 Å². The van der Waals surface area contributed by atoms with E-state index in [0.717, 1.165) is 13.1 Å². The molecule has 2 nitrogen and oxygen atoms in total. The first-order chi connectivity index (χ1) is 5.86. The van der Waals surface area contributed by atoms with Gasteiger partial charge in [0.1, 0.15) is 0 Å². The summed E-state index contributed by atoms with van der Waals surface area (Å²) in [4.78, 5) is 0. The van der Waals surface area contributed by atoms with Gasteiger partial charge in [-0.1, -0.05) is 29.8 Å². The van der Waals surface area contributed by atoms with Gasteiger partial charge < -0.3 is 0 Å². The van der Waals surface area contributed by atoms with E-state index in [1.54, 1.807) is 0 Å². The summed E-state index contributed by atoms with van der Waals surface area (Å²) >= 11 is 0. The molecule has 0 aliphatic carbocycles. The van der Waals surface area contributed by atoms with Gasteiger partial charge in [-0.3, -0.25) is 10.6 Å². The third-order valence-corrected chi connectivity index (χ3v) is 2.23. The number of benzene rings is 1. The van der Waals surface area contributed by atoms with Gasteiger partial charge in [0.05, 0.1) is 6.17 Å². The molecule has 0 spiro atoms. The topological polar surface area (TPSA) is 24.1 Å². The van der Waals surface area contributed by atoms with Crippen LogP contribution in [0.3, 0.4) is 0 Å². The highest BCUT2D eigenvalue weighted by atomic mass is 15.2. The Labute approximate surface area is 73.0 Å². The number of hydrogen-bond acceptors (Lipinski definition) is 2. The van der Waals surface area contributed by atoms with E-state index in [-0.39, 0.29) is 0 Å². The molecule has 0 amide bonds. The number of hydrogen-bond donors (Lipinski definition) is 2. The highest BCUT2D eigenvalue weighted by molar-refractivity contribution is 5.24. The second-order valence-corrected chi connectivity index (χ2v) is 3.25. The maximum absolute atomic E-state index is 3.38. The molecule has 0 bridgehead atoms. The average molecular weight is 162 g/mol. The van der Waals surface area contributed by atoms with E-state index < -0.39 is 0 Å². The largest absolute Gasteiger partial charge is 0.297 e. The van der Waals surface area contributed by atoms with E-state index in [0.29, 0.717) is 6.17 Å². The zero-order chi connectivity index (χ0) is 8.39. The lowest BCUT2D eigenvalue weighted by atomic mass is 10.1. The first-order valence-corrected chi connectivity index (χ1v) is 4.39.